The topological polar surface area (TPSA) is 49.0 Å². The normalized spacial score (nSPS) is 11.3. The molecule has 4 nitrogen and oxygen atoms in total. The van der Waals surface area contributed by atoms with Crippen LogP contribution in [0, 0.1) is 6.92 Å². The van der Waals surface area contributed by atoms with Crippen LogP contribution < -0.4 is 0 Å². The predicted molar refractivity (Wildman–Crippen MR) is 123 cm³/mol. The molecule has 0 saturated heterocycles. The van der Waals surface area contributed by atoms with E-state index in [1.165, 1.54) is 10.9 Å². The number of nitrogens with one attached hydrogen (secondary N) is 1. The molecule has 1 N–H and O–H groups in total. The van der Waals surface area contributed by atoms with Crippen molar-refractivity contribution < 1.29 is 6.22 Å². The number of aromatic amines is 1. The molecule has 0 aliphatic heterocycles. The van der Waals surface area contributed by atoms with E-state index in [2.05, 4.69) is 48.1 Å². The van der Waals surface area contributed by atoms with Gasteiger partial charge in [-0.25, -0.2) is 4.98 Å². The van der Waals surface area contributed by atoms with E-state index in [0.717, 1.165) is 45.2 Å². The lowest BCUT2D eigenvalue weighted by Crippen LogP contribution is -2.30. The summed E-state index contributed by atoms with van der Waals surface area (Å²) in [6.45, 7) is 9.68. The van der Waals surface area contributed by atoms with Crippen LogP contribution in [0.15, 0.2) is 48.7 Å². The fraction of sp³-hybridized carbons (Fsp3) is 0.280. The Kier molecular flexibility index (Phi) is 5.10. The number of carbonyl (C=O) groups excluding carboxylic acids is 1. The van der Waals surface area contributed by atoms with Crippen LogP contribution >= 0.6 is 0 Å². The predicted octanol–water partition coefficient (Wildman–Crippen LogP) is 5.98. The molecule has 0 bridgehead atoms. The average Bonchev–Trinajstić information content (AvgIpc) is 3.12. The molecule has 0 spiro atoms. The molecule has 0 aliphatic rings. The van der Waals surface area contributed by atoms with E-state index in [-0.39, 0.29) is 7.33 Å². The molecule has 2 heterocycles. The number of hydrogen-bond acceptors (Lipinski definition) is 2. The first-order chi connectivity index (χ1) is 14.1. The van der Waals surface area contributed by atoms with Crippen molar-refractivity contribution in [3.05, 3.63) is 65.4 Å². The summed E-state index contributed by atoms with van der Waals surface area (Å²) in [6, 6.07) is 14.5. The van der Waals surface area contributed by atoms with Gasteiger partial charge in [0.1, 0.15) is 5.65 Å². The summed E-state index contributed by atoms with van der Waals surface area (Å²) >= 11 is 0. The SMILES string of the molecule is CCc1ccc(-c2cccc(C(=O)N(CC)CC)c2)c2c1[nH]c1ncc(C)cc12.[HH]. The molecular weight excluding hydrogens is 358 g/mol. The number of carbonyl (C=O) groups is 1. The number of fused-ring (bicyclic) bond motifs is 3. The molecule has 0 saturated carbocycles. The third-order valence-corrected chi connectivity index (χ3v) is 5.68. The van der Waals surface area contributed by atoms with Crippen LogP contribution in [-0.4, -0.2) is 33.9 Å². The molecular formula is C25H29N3O. The first kappa shape index (κ1) is 19.2. The van der Waals surface area contributed by atoms with Gasteiger partial charge in [0.05, 0.1) is 5.52 Å². The lowest BCUT2D eigenvalue weighted by Gasteiger charge is -2.19. The number of nitrogens with zero attached hydrogens (tertiary/aromatic N) is 2. The number of aromatic nitrogens is 2. The maximum atomic E-state index is 12.9. The number of H-pyrrole nitrogens is 1. The van der Waals surface area contributed by atoms with Crippen LogP contribution in [0.4, 0.5) is 0 Å². The van der Waals surface area contributed by atoms with Crippen molar-refractivity contribution in [1.82, 2.24) is 14.9 Å². The van der Waals surface area contributed by atoms with E-state index in [4.69, 9.17) is 0 Å². The standard InChI is InChI=1S/C25H27N3O.H2/c1-5-17-11-12-20(22-21-13-16(4)15-26-24(21)27-23(17)22)18-9-8-10-19(14-18)25(29)28(6-2)7-3;/h8-15H,5-7H2,1-4H3,(H,26,27);1H. The van der Waals surface area contributed by atoms with Gasteiger partial charge in [0, 0.05) is 37.0 Å². The summed E-state index contributed by atoms with van der Waals surface area (Å²) in [5.74, 6) is 0.0784. The Morgan fingerprint density at radius 3 is 2.62 bits per heavy atom. The lowest BCUT2D eigenvalue weighted by molar-refractivity contribution is 0.0773. The summed E-state index contributed by atoms with van der Waals surface area (Å²) in [4.78, 5) is 22.9. The first-order valence-electron chi connectivity index (χ1n) is 10.4. The van der Waals surface area contributed by atoms with Gasteiger partial charge >= 0.3 is 0 Å². The van der Waals surface area contributed by atoms with Crippen LogP contribution in [0.3, 0.4) is 0 Å². The Bertz CT molecular complexity index is 1210. The zero-order chi connectivity index (χ0) is 20.5. The van der Waals surface area contributed by atoms with Crippen molar-refractivity contribution in [3.8, 4) is 11.1 Å². The minimum atomic E-state index is 0. The molecule has 4 aromatic rings. The van der Waals surface area contributed by atoms with Crippen molar-refractivity contribution in [3.63, 3.8) is 0 Å². The molecule has 2 aromatic heterocycles. The summed E-state index contributed by atoms with van der Waals surface area (Å²) in [6.07, 6.45) is 2.84. The fourth-order valence-electron chi connectivity index (χ4n) is 4.09. The smallest absolute Gasteiger partial charge is 0.253 e. The van der Waals surface area contributed by atoms with Crippen molar-refractivity contribution >= 4 is 27.8 Å². The van der Waals surface area contributed by atoms with Gasteiger partial charge in [-0.1, -0.05) is 31.2 Å². The van der Waals surface area contributed by atoms with Crippen molar-refractivity contribution in [2.45, 2.75) is 34.1 Å². The Hall–Kier alpha value is -3.14. The second-order valence-corrected chi connectivity index (χ2v) is 7.47. The Morgan fingerprint density at radius 1 is 1.10 bits per heavy atom. The zero-order valence-electron chi connectivity index (χ0n) is 17.5. The molecule has 150 valence electrons. The quantitative estimate of drug-likeness (QED) is 0.458. The van der Waals surface area contributed by atoms with Gasteiger partial charge in [0.15, 0.2) is 0 Å². The fourth-order valence-corrected chi connectivity index (χ4v) is 4.09. The lowest BCUT2D eigenvalue weighted by atomic mass is 9.95. The molecule has 0 fully saturated rings. The van der Waals surface area contributed by atoms with Gasteiger partial charge < -0.3 is 9.88 Å². The van der Waals surface area contributed by atoms with Gasteiger partial charge in [-0.3, -0.25) is 4.79 Å². The van der Waals surface area contributed by atoms with Gasteiger partial charge in [0.2, 0.25) is 0 Å². The van der Waals surface area contributed by atoms with E-state index >= 15 is 0 Å². The minimum absolute atomic E-state index is 0. The monoisotopic (exact) mass is 387 g/mol. The highest BCUT2D eigenvalue weighted by Gasteiger charge is 2.17. The zero-order valence-corrected chi connectivity index (χ0v) is 17.5. The maximum Gasteiger partial charge on any atom is 0.253 e. The van der Waals surface area contributed by atoms with Crippen LogP contribution in [0.1, 0.15) is 43.7 Å². The number of amides is 1. The van der Waals surface area contributed by atoms with Crippen molar-refractivity contribution in [1.29, 1.82) is 0 Å². The molecule has 0 radical (unpaired) electrons. The Labute approximate surface area is 173 Å². The number of aryl methyl sites for hydroxylation is 2. The maximum absolute atomic E-state index is 12.9. The molecule has 0 unspecified atom stereocenters. The summed E-state index contributed by atoms with van der Waals surface area (Å²) in [7, 11) is 0. The minimum Gasteiger partial charge on any atom is -0.339 e. The first-order valence-corrected chi connectivity index (χ1v) is 10.4. The largest absolute Gasteiger partial charge is 0.339 e. The molecule has 0 atom stereocenters. The van der Waals surface area contributed by atoms with Crippen molar-refractivity contribution in [2.75, 3.05) is 13.1 Å². The van der Waals surface area contributed by atoms with E-state index in [1.54, 1.807) is 0 Å². The molecule has 4 heteroatoms. The van der Waals surface area contributed by atoms with Crippen molar-refractivity contribution in [2.24, 2.45) is 0 Å². The van der Waals surface area contributed by atoms with Gasteiger partial charge in [-0.05, 0) is 67.6 Å². The van der Waals surface area contributed by atoms with Gasteiger partial charge in [-0.15, -0.1) is 0 Å². The number of pyridine rings is 1. The summed E-state index contributed by atoms with van der Waals surface area (Å²) < 4.78 is 0. The average molecular weight is 388 g/mol. The van der Waals surface area contributed by atoms with Gasteiger partial charge in [0.25, 0.3) is 5.91 Å². The summed E-state index contributed by atoms with van der Waals surface area (Å²) in [5.41, 5.74) is 7.37. The third-order valence-electron chi connectivity index (χ3n) is 5.68. The molecule has 4 rings (SSSR count). The highest BCUT2D eigenvalue weighted by atomic mass is 16.2. The molecule has 29 heavy (non-hydrogen) atoms. The van der Waals surface area contributed by atoms with Gasteiger partial charge in [-0.2, -0.15) is 0 Å². The highest BCUT2D eigenvalue weighted by molar-refractivity contribution is 6.14. The van der Waals surface area contributed by atoms with E-state index in [9.17, 15) is 4.79 Å². The Balaban J connectivity index is 0.00000256. The number of hydrogen-bond donors (Lipinski definition) is 1. The van der Waals surface area contributed by atoms with E-state index in [1.807, 2.05) is 43.1 Å². The molecule has 0 aliphatic carbocycles. The third kappa shape index (κ3) is 3.29. The Morgan fingerprint density at radius 2 is 1.90 bits per heavy atom. The summed E-state index contributed by atoms with van der Waals surface area (Å²) in [5, 5.41) is 2.31. The molecule has 2 aromatic carbocycles. The van der Waals surface area contributed by atoms with E-state index in [0.29, 0.717) is 13.1 Å². The molecule has 1 amide bonds. The number of rotatable bonds is 5. The van der Waals surface area contributed by atoms with Crippen LogP contribution in [-0.2, 0) is 6.42 Å². The van der Waals surface area contributed by atoms with Crippen LogP contribution in [0.2, 0.25) is 0 Å². The highest BCUT2D eigenvalue weighted by Crippen LogP contribution is 2.36. The second-order valence-electron chi connectivity index (χ2n) is 7.47. The number of benzene rings is 2. The second kappa shape index (κ2) is 7.70. The van der Waals surface area contributed by atoms with E-state index < -0.39 is 0 Å². The van der Waals surface area contributed by atoms with Crippen LogP contribution in [0.25, 0.3) is 33.1 Å². The van der Waals surface area contributed by atoms with Crippen LogP contribution in [0.5, 0.6) is 0 Å².